The Hall–Kier alpha value is -3.86. The standard InChI is InChI=1S/C18H21N3O4.C2H2O4/c1-24-15-6-4-14(5-7-15)19-17(22)13-20-8-10-21(11-9-20)18(23)16-3-2-12-25-16;3-1(4)2(5)6/h2-7,12H,8-11,13H2,1H3,(H,19,22);(H,3,4)(H,5,6). The molecule has 0 saturated carbocycles. The van der Waals surface area contributed by atoms with E-state index in [-0.39, 0.29) is 11.8 Å². The first-order valence-corrected chi connectivity index (χ1v) is 9.25. The number of piperazine rings is 1. The minimum Gasteiger partial charge on any atom is -0.497 e. The summed E-state index contributed by atoms with van der Waals surface area (Å²) in [6.07, 6.45) is 1.49. The summed E-state index contributed by atoms with van der Waals surface area (Å²) in [6, 6.07) is 10.6. The second-order valence-electron chi connectivity index (χ2n) is 6.43. The molecule has 1 saturated heterocycles. The summed E-state index contributed by atoms with van der Waals surface area (Å²) in [7, 11) is 1.60. The van der Waals surface area contributed by atoms with Gasteiger partial charge in [-0.15, -0.1) is 0 Å². The molecule has 166 valence electrons. The first-order chi connectivity index (χ1) is 14.8. The first kappa shape index (κ1) is 23.4. The van der Waals surface area contributed by atoms with E-state index in [1.54, 1.807) is 48.4 Å². The summed E-state index contributed by atoms with van der Waals surface area (Å²) >= 11 is 0. The predicted octanol–water partition coefficient (Wildman–Crippen LogP) is 0.840. The summed E-state index contributed by atoms with van der Waals surface area (Å²) < 4.78 is 10.2. The lowest BCUT2D eigenvalue weighted by Crippen LogP contribution is -2.50. The Morgan fingerprint density at radius 2 is 1.61 bits per heavy atom. The Kier molecular flexibility index (Phi) is 8.58. The lowest BCUT2D eigenvalue weighted by Gasteiger charge is -2.33. The van der Waals surface area contributed by atoms with Gasteiger partial charge in [0.05, 0.1) is 19.9 Å². The Balaban J connectivity index is 0.000000501. The monoisotopic (exact) mass is 433 g/mol. The number of ether oxygens (including phenoxy) is 1. The largest absolute Gasteiger partial charge is 0.497 e. The van der Waals surface area contributed by atoms with Gasteiger partial charge in [-0.25, -0.2) is 9.59 Å². The van der Waals surface area contributed by atoms with Crippen molar-refractivity contribution in [2.75, 3.05) is 45.2 Å². The van der Waals surface area contributed by atoms with Crippen molar-refractivity contribution >= 4 is 29.4 Å². The molecule has 3 rings (SSSR count). The van der Waals surface area contributed by atoms with E-state index in [1.165, 1.54) is 6.26 Å². The molecule has 1 aromatic heterocycles. The highest BCUT2D eigenvalue weighted by atomic mass is 16.5. The molecular weight excluding hydrogens is 410 g/mol. The molecule has 0 bridgehead atoms. The molecule has 0 atom stereocenters. The number of anilines is 1. The third-order valence-corrected chi connectivity index (χ3v) is 4.32. The van der Waals surface area contributed by atoms with Crippen LogP contribution in [0.4, 0.5) is 5.69 Å². The fraction of sp³-hybridized carbons (Fsp3) is 0.300. The van der Waals surface area contributed by atoms with Crippen molar-refractivity contribution in [1.29, 1.82) is 0 Å². The summed E-state index contributed by atoms with van der Waals surface area (Å²) in [5, 5.41) is 17.6. The molecule has 11 heteroatoms. The number of benzene rings is 1. The van der Waals surface area contributed by atoms with Gasteiger partial charge in [-0.05, 0) is 36.4 Å². The van der Waals surface area contributed by atoms with Crippen molar-refractivity contribution in [3.63, 3.8) is 0 Å². The maximum atomic E-state index is 12.2. The number of amides is 2. The quantitative estimate of drug-likeness (QED) is 0.583. The molecule has 2 amide bonds. The zero-order valence-corrected chi connectivity index (χ0v) is 16.8. The van der Waals surface area contributed by atoms with E-state index in [2.05, 4.69) is 5.32 Å². The van der Waals surface area contributed by atoms with E-state index in [9.17, 15) is 9.59 Å². The number of carbonyl (C=O) groups excluding carboxylic acids is 2. The molecule has 3 N–H and O–H groups in total. The lowest BCUT2D eigenvalue weighted by atomic mass is 10.2. The molecule has 2 heterocycles. The van der Waals surface area contributed by atoms with E-state index >= 15 is 0 Å². The molecular formula is C20H23N3O8. The fourth-order valence-electron chi connectivity index (χ4n) is 2.74. The van der Waals surface area contributed by atoms with Gasteiger partial charge in [0.15, 0.2) is 5.76 Å². The molecule has 0 spiro atoms. The van der Waals surface area contributed by atoms with Gasteiger partial charge >= 0.3 is 11.9 Å². The number of nitrogens with one attached hydrogen (secondary N) is 1. The highest BCUT2D eigenvalue weighted by Crippen LogP contribution is 2.15. The van der Waals surface area contributed by atoms with Crippen LogP contribution >= 0.6 is 0 Å². The van der Waals surface area contributed by atoms with Crippen LogP contribution in [0.3, 0.4) is 0 Å². The molecule has 2 aromatic rings. The van der Waals surface area contributed by atoms with E-state index in [1.807, 2.05) is 4.90 Å². The smallest absolute Gasteiger partial charge is 0.414 e. The summed E-state index contributed by atoms with van der Waals surface area (Å²) in [6.45, 7) is 2.77. The number of carboxylic acid groups (broad SMARTS) is 2. The van der Waals surface area contributed by atoms with Crippen LogP contribution in [-0.2, 0) is 14.4 Å². The minimum atomic E-state index is -1.82. The molecule has 1 aromatic carbocycles. The van der Waals surface area contributed by atoms with Crippen molar-refractivity contribution < 1.29 is 38.5 Å². The average Bonchev–Trinajstić information content (AvgIpc) is 3.29. The molecule has 11 nitrogen and oxygen atoms in total. The second kappa shape index (κ2) is 11.4. The lowest BCUT2D eigenvalue weighted by molar-refractivity contribution is -0.159. The van der Waals surface area contributed by atoms with Gasteiger partial charge in [0, 0.05) is 31.9 Å². The number of carboxylic acids is 2. The number of rotatable bonds is 5. The van der Waals surface area contributed by atoms with Gasteiger partial charge in [-0.2, -0.15) is 0 Å². The van der Waals surface area contributed by atoms with Gasteiger partial charge < -0.3 is 29.6 Å². The van der Waals surface area contributed by atoms with Crippen LogP contribution in [-0.4, -0.2) is 83.6 Å². The SMILES string of the molecule is COc1ccc(NC(=O)CN2CCN(C(=O)c3ccco3)CC2)cc1.O=C(O)C(=O)O. The molecule has 1 fully saturated rings. The van der Waals surface area contributed by atoms with Crippen molar-refractivity contribution in [1.82, 2.24) is 9.80 Å². The van der Waals surface area contributed by atoms with Gasteiger partial charge in [0.25, 0.3) is 5.91 Å². The second-order valence-corrected chi connectivity index (χ2v) is 6.43. The normalized spacial score (nSPS) is 13.5. The van der Waals surface area contributed by atoms with E-state index < -0.39 is 11.9 Å². The first-order valence-electron chi connectivity index (χ1n) is 9.25. The molecule has 0 aliphatic carbocycles. The number of methoxy groups -OCH3 is 1. The molecule has 1 aliphatic heterocycles. The zero-order chi connectivity index (χ0) is 22.8. The van der Waals surface area contributed by atoms with Crippen LogP contribution in [0.2, 0.25) is 0 Å². The van der Waals surface area contributed by atoms with Crippen molar-refractivity contribution in [2.24, 2.45) is 0 Å². The molecule has 0 radical (unpaired) electrons. The highest BCUT2D eigenvalue weighted by Gasteiger charge is 2.24. The molecule has 0 unspecified atom stereocenters. The van der Waals surface area contributed by atoms with Crippen molar-refractivity contribution in [3.05, 3.63) is 48.4 Å². The number of nitrogens with zero attached hydrogens (tertiary/aromatic N) is 2. The Bertz CT molecular complexity index is 876. The summed E-state index contributed by atoms with van der Waals surface area (Å²) in [4.78, 5) is 46.3. The topological polar surface area (TPSA) is 150 Å². The average molecular weight is 433 g/mol. The molecule has 31 heavy (non-hydrogen) atoms. The summed E-state index contributed by atoms with van der Waals surface area (Å²) in [5.41, 5.74) is 0.734. The maximum absolute atomic E-state index is 12.2. The van der Waals surface area contributed by atoms with Crippen LogP contribution in [0.25, 0.3) is 0 Å². The predicted molar refractivity (Wildman–Crippen MR) is 108 cm³/mol. The summed E-state index contributed by atoms with van der Waals surface area (Å²) in [5.74, 6) is -2.73. The van der Waals surface area contributed by atoms with Crippen molar-refractivity contribution in [3.8, 4) is 5.75 Å². The Morgan fingerprint density at radius 1 is 1.00 bits per heavy atom. The Labute approximate surface area is 177 Å². The molecule has 1 aliphatic rings. The van der Waals surface area contributed by atoms with Gasteiger partial charge in [-0.3, -0.25) is 14.5 Å². The Morgan fingerprint density at radius 3 is 2.10 bits per heavy atom. The third kappa shape index (κ3) is 7.48. The number of hydrogen-bond acceptors (Lipinski definition) is 7. The van der Waals surface area contributed by atoms with Gasteiger partial charge in [-0.1, -0.05) is 0 Å². The van der Waals surface area contributed by atoms with Gasteiger partial charge in [0.1, 0.15) is 5.75 Å². The number of furan rings is 1. The van der Waals surface area contributed by atoms with Gasteiger partial charge in [0.2, 0.25) is 5.91 Å². The van der Waals surface area contributed by atoms with E-state index in [4.69, 9.17) is 29.0 Å². The maximum Gasteiger partial charge on any atom is 0.414 e. The van der Waals surface area contributed by atoms with Crippen LogP contribution in [0.1, 0.15) is 10.6 Å². The number of aliphatic carboxylic acids is 2. The minimum absolute atomic E-state index is 0.0732. The zero-order valence-electron chi connectivity index (χ0n) is 16.8. The van der Waals surface area contributed by atoms with Crippen LogP contribution in [0.15, 0.2) is 47.1 Å². The fourth-order valence-corrected chi connectivity index (χ4v) is 2.74. The van der Waals surface area contributed by atoms with Crippen LogP contribution in [0, 0.1) is 0 Å². The van der Waals surface area contributed by atoms with Crippen molar-refractivity contribution in [2.45, 2.75) is 0 Å². The highest BCUT2D eigenvalue weighted by molar-refractivity contribution is 6.27. The number of carbonyl (C=O) groups is 4. The van der Waals surface area contributed by atoms with E-state index in [0.29, 0.717) is 38.5 Å². The van der Waals surface area contributed by atoms with Crippen LogP contribution in [0.5, 0.6) is 5.75 Å². The van der Waals surface area contributed by atoms with Crippen LogP contribution < -0.4 is 10.1 Å². The third-order valence-electron chi connectivity index (χ3n) is 4.32. The number of hydrogen-bond donors (Lipinski definition) is 3. The van der Waals surface area contributed by atoms with E-state index in [0.717, 1.165) is 11.4 Å².